The highest BCUT2D eigenvalue weighted by molar-refractivity contribution is 7.85. The van der Waals surface area contributed by atoms with E-state index >= 15 is 0 Å². The summed E-state index contributed by atoms with van der Waals surface area (Å²) >= 11 is 0. The van der Waals surface area contributed by atoms with Crippen molar-refractivity contribution in [1.29, 1.82) is 0 Å². The minimum absolute atomic E-state index is 0.116. The molecule has 0 saturated heterocycles. The van der Waals surface area contributed by atoms with Gasteiger partial charge in [0.15, 0.2) is 5.82 Å². The summed E-state index contributed by atoms with van der Waals surface area (Å²) < 4.78 is 37.1. The monoisotopic (exact) mass is 582 g/mol. The van der Waals surface area contributed by atoms with Crippen LogP contribution in [-0.4, -0.2) is 60.4 Å². The van der Waals surface area contributed by atoms with Gasteiger partial charge in [0, 0.05) is 25.1 Å². The van der Waals surface area contributed by atoms with Crippen LogP contribution in [0, 0.1) is 0 Å². The Kier molecular flexibility index (Phi) is 11.5. The first kappa shape index (κ1) is 31.0. The van der Waals surface area contributed by atoms with Crippen molar-refractivity contribution in [3.63, 3.8) is 0 Å². The number of benzene rings is 1. The van der Waals surface area contributed by atoms with Crippen LogP contribution in [0.4, 0.5) is 5.82 Å². The third-order valence-electron chi connectivity index (χ3n) is 5.80. The number of unbranched alkanes of at least 4 members (excludes halogenated alkanes) is 1. The molecule has 3 N–H and O–H groups in total. The van der Waals surface area contributed by atoms with Crippen molar-refractivity contribution >= 4 is 33.7 Å². The lowest BCUT2D eigenvalue weighted by atomic mass is 10.1. The Balaban J connectivity index is 1.47. The molecular formula is C27H30N6O7S. The lowest BCUT2D eigenvalue weighted by Crippen LogP contribution is -2.41. The lowest BCUT2D eigenvalue weighted by Gasteiger charge is -2.16. The van der Waals surface area contributed by atoms with Crippen LogP contribution in [0.15, 0.2) is 82.2 Å². The zero-order valence-electron chi connectivity index (χ0n) is 22.3. The van der Waals surface area contributed by atoms with E-state index in [9.17, 15) is 27.4 Å². The van der Waals surface area contributed by atoms with Crippen LogP contribution in [0.5, 0.6) is 0 Å². The van der Waals surface area contributed by atoms with Gasteiger partial charge < -0.3 is 15.4 Å². The molecule has 1 atom stereocenters. The second-order valence-electron chi connectivity index (χ2n) is 8.82. The fraction of sp³-hybridized carbons (Fsp3) is 0.296. The van der Waals surface area contributed by atoms with Crippen LogP contribution >= 0.6 is 0 Å². The number of carbonyl (C=O) groups excluding carboxylic acids is 3. The molecule has 0 aliphatic rings. The third kappa shape index (κ3) is 10.2. The molecule has 0 bridgehead atoms. The predicted molar refractivity (Wildman–Crippen MR) is 147 cm³/mol. The van der Waals surface area contributed by atoms with Gasteiger partial charge in [0.2, 0.25) is 5.91 Å². The van der Waals surface area contributed by atoms with Crippen molar-refractivity contribution < 1.29 is 32.1 Å². The van der Waals surface area contributed by atoms with Crippen LogP contribution in [-0.2, 0) is 37.4 Å². The summed E-state index contributed by atoms with van der Waals surface area (Å²) in [5, 5.41) is 13.3. The van der Waals surface area contributed by atoms with Gasteiger partial charge in [-0.05, 0) is 54.7 Å². The number of aromatic nitrogens is 2. The zero-order chi connectivity index (χ0) is 29.7. The maximum Gasteiger partial charge on any atom is 0.328 e. The third-order valence-corrected chi connectivity index (χ3v) is 6.75. The van der Waals surface area contributed by atoms with Crippen molar-refractivity contribution in [1.82, 2.24) is 20.6 Å². The second-order valence-corrected chi connectivity index (χ2v) is 10.2. The van der Waals surface area contributed by atoms with Gasteiger partial charge in [-0.1, -0.05) is 24.3 Å². The highest BCUT2D eigenvalue weighted by Crippen LogP contribution is 2.17. The van der Waals surface area contributed by atoms with Gasteiger partial charge in [-0.2, -0.15) is 13.5 Å². The van der Waals surface area contributed by atoms with E-state index in [1.165, 1.54) is 43.6 Å². The summed E-state index contributed by atoms with van der Waals surface area (Å²) in [7, 11) is -3.17. The normalized spacial score (nSPS) is 12.0. The molecule has 0 aliphatic heterocycles. The van der Waals surface area contributed by atoms with E-state index < -0.39 is 28.0 Å². The lowest BCUT2D eigenvalue weighted by molar-refractivity contribution is -0.143. The first-order valence-electron chi connectivity index (χ1n) is 12.6. The summed E-state index contributed by atoms with van der Waals surface area (Å²) in [5.74, 6) is -1.10. The molecule has 2 aromatic heterocycles. The van der Waals surface area contributed by atoms with Crippen molar-refractivity contribution in [3.05, 3.63) is 83.8 Å². The number of hydrogen-bond acceptors (Lipinski definition) is 10. The van der Waals surface area contributed by atoms with Crippen LogP contribution < -0.4 is 10.6 Å². The number of ether oxygens (including phenoxy) is 1. The first-order valence-corrected chi connectivity index (χ1v) is 14.0. The van der Waals surface area contributed by atoms with Gasteiger partial charge in [0.05, 0.1) is 30.5 Å². The molecular weight excluding hydrogens is 552 g/mol. The average molecular weight is 583 g/mol. The standard InChI is InChI=1S/C27H30N6O7S/c1-40-27(36)22(9-4-5-14-29-25(34)15-19-7-6-13-28-16-19)32-26(35)21-11-12-24(30-17-21)33-31-18-20-8-2-3-10-23(20)41(37,38)39/h2-3,6-8,10-13,16-17,22H,4-5,9,14-15,18H2,1H3,(H,29,34)(H,32,35)(H,37,38,39). The number of nitrogens with one attached hydrogen (secondary N) is 2. The second kappa shape index (κ2) is 15.3. The largest absolute Gasteiger partial charge is 0.467 e. The predicted octanol–water partition coefficient (Wildman–Crippen LogP) is 2.81. The molecule has 216 valence electrons. The summed E-state index contributed by atoms with van der Waals surface area (Å²) in [6.07, 6.45) is 6.21. The van der Waals surface area contributed by atoms with Gasteiger partial charge >= 0.3 is 5.97 Å². The molecule has 3 rings (SSSR count). The van der Waals surface area contributed by atoms with Crippen molar-refractivity contribution in [2.45, 2.75) is 43.2 Å². The van der Waals surface area contributed by atoms with Crippen LogP contribution in [0.3, 0.4) is 0 Å². The van der Waals surface area contributed by atoms with E-state index in [1.807, 2.05) is 6.07 Å². The number of amides is 2. The Bertz CT molecular complexity index is 1460. The number of methoxy groups -OCH3 is 1. The molecule has 2 amide bonds. The molecule has 0 saturated carbocycles. The molecule has 14 heteroatoms. The van der Waals surface area contributed by atoms with E-state index in [0.717, 1.165) is 5.56 Å². The van der Waals surface area contributed by atoms with E-state index in [-0.39, 0.29) is 40.7 Å². The summed E-state index contributed by atoms with van der Waals surface area (Å²) in [6.45, 7) is 0.303. The quantitative estimate of drug-likeness (QED) is 0.111. The number of rotatable bonds is 14. The first-order chi connectivity index (χ1) is 19.7. The number of carbonyl (C=O) groups is 3. The average Bonchev–Trinajstić information content (AvgIpc) is 2.96. The summed E-state index contributed by atoms with van der Waals surface area (Å²) in [4.78, 5) is 44.8. The maximum atomic E-state index is 12.7. The maximum absolute atomic E-state index is 12.7. The van der Waals surface area contributed by atoms with Crippen molar-refractivity contribution in [2.75, 3.05) is 13.7 Å². The molecule has 41 heavy (non-hydrogen) atoms. The Morgan fingerprint density at radius 3 is 2.54 bits per heavy atom. The highest BCUT2D eigenvalue weighted by Gasteiger charge is 2.22. The Hall–Kier alpha value is -4.56. The fourth-order valence-corrected chi connectivity index (χ4v) is 4.45. The van der Waals surface area contributed by atoms with E-state index in [1.54, 1.807) is 24.5 Å². The van der Waals surface area contributed by atoms with E-state index in [0.29, 0.717) is 25.8 Å². The minimum atomic E-state index is -4.40. The molecule has 0 radical (unpaired) electrons. The topological polar surface area (TPSA) is 189 Å². The molecule has 1 aromatic carbocycles. The fourth-order valence-electron chi connectivity index (χ4n) is 3.73. The van der Waals surface area contributed by atoms with Crippen LogP contribution in [0.25, 0.3) is 0 Å². The van der Waals surface area contributed by atoms with Gasteiger partial charge in [0.25, 0.3) is 16.0 Å². The van der Waals surface area contributed by atoms with E-state index in [4.69, 9.17) is 4.74 Å². The summed E-state index contributed by atoms with van der Waals surface area (Å²) in [6, 6.07) is 11.4. The number of azo groups is 1. The number of nitrogens with zero attached hydrogens (tertiary/aromatic N) is 4. The zero-order valence-corrected chi connectivity index (χ0v) is 23.1. The van der Waals surface area contributed by atoms with Crippen molar-refractivity contribution in [2.24, 2.45) is 10.2 Å². The van der Waals surface area contributed by atoms with Gasteiger partial charge in [-0.3, -0.25) is 19.1 Å². The molecule has 1 unspecified atom stereocenters. The molecule has 13 nitrogen and oxygen atoms in total. The van der Waals surface area contributed by atoms with Crippen LogP contribution in [0.1, 0.15) is 40.7 Å². The number of hydrogen-bond donors (Lipinski definition) is 3. The SMILES string of the molecule is COC(=O)C(CCCCNC(=O)Cc1cccnc1)NC(=O)c1ccc(N=NCc2ccccc2S(=O)(=O)O)nc1. The van der Waals surface area contributed by atoms with E-state index in [2.05, 4.69) is 30.8 Å². The van der Waals surface area contributed by atoms with Gasteiger partial charge in [0.1, 0.15) is 6.04 Å². The Morgan fingerprint density at radius 1 is 1.05 bits per heavy atom. The number of pyridine rings is 2. The Labute approximate surface area is 237 Å². The smallest absolute Gasteiger partial charge is 0.328 e. The van der Waals surface area contributed by atoms with Gasteiger partial charge in [-0.15, -0.1) is 5.11 Å². The van der Waals surface area contributed by atoms with Gasteiger partial charge in [-0.25, -0.2) is 9.78 Å². The molecule has 2 heterocycles. The van der Waals surface area contributed by atoms with Crippen LogP contribution in [0.2, 0.25) is 0 Å². The number of esters is 1. The molecule has 0 spiro atoms. The molecule has 3 aromatic rings. The highest BCUT2D eigenvalue weighted by atomic mass is 32.2. The minimum Gasteiger partial charge on any atom is -0.467 e. The van der Waals surface area contributed by atoms with Crippen molar-refractivity contribution in [3.8, 4) is 0 Å². The molecule has 0 aliphatic carbocycles. The Morgan fingerprint density at radius 2 is 1.85 bits per heavy atom. The summed E-state index contributed by atoms with van der Waals surface area (Å²) in [5.41, 5.74) is 1.25. The molecule has 0 fully saturated rings.